The summed E-state index contributed by atoms with van der Waals surface area (Å²) in [6, 6.07) is -6.69. The van der Waals surface area contributed by atoms with E-state index in [1.807, 2.05) is 0 Å². The molecule has 0 saturated carbocycles. The summed E-state index contributed by atoms with van der Waals surface area (Å²) in [5, 5.41) is 0. The number of hydrogen-bond acceptors (Lipinski definition) is 2. The minimum Gasteiger partial charge on any atom is -0.494 e. The molecular formula is C22H38O2. The van der Waals surface area contributed by atoms with Gasteiger partial charge < -0.3 is 9.47 Å². The van der Waals surface area contributed by atoms with E-state index < -0.39 is 132 Å². The van der Waals surface area contributed by atoms with E-state index in [9.17, 15) is 0 Å². The Kier molecular flexibility index (Phi) is 2.15. The molecule has 0 aliphatic heterocycles. The maximum absolute atomic E-state index is 8.21. The molecule has 0 aromatic heterocycles. The predicted octanol–water partition coefficient (Wildman–Crippen LogP) is 7.17. The highest BCUT2D eigenvalue weighted by atomic mass is 16.5. The monoisotopic (exact) mass is 369 g/mol. The largest absolute Gasteiger partial charge is 0.494 e. The van der Waals surface area contributed by atoms with Crippen LogP contribution in [-0.4, -0.2) is 13.1 Å². The second-order valence-electron chi connectivity index (χ2n) is 3.25. The van der Waals surface area contributed by atoms with Gasteiger partial charge >= 0.3 is 0 Å². The van der Waals surface area contributed by atoms with E-state index in [0.717, 1.165) is 6.92 Å². The van der Waals surface area contributed by atoms with Gasteiger partial charge in [-0.05, 0) is 36.9 Å². The summed E-state index contributed by atoms with van der Waals surface area (Å²) in [4.78, 5) is 0. The molecule has 1 aromatic carbocycles. The van der Waals surface area contributed by atoms with Gasteiger partial charge in [0.2, 0.25) is 0 Å². The highest BCUT2D eigenvalue weighted by molar-refractivity contribution is 5.31. The number of hydrogen-bond donors (Lipinski definition) is 0. The second kappa shape index (κ2) is 15.4. The molecule has 1 atom stereocenters. The van der Waals surface area contributed by atoms with Gasteiger partial charge in [-0.15, -0.1) is 0 Å². The molecule has 0 amide bonds. The Bertz CT molecular complexity index is 1650. The van der Waals surface area contributed by atoms with Crippen molar-refractivity contribution in [2.24, 2.45) is 0 Å². The summed E-state index contributed by atoms with van der Waals surface area (Å²) in [5.74, 6) is -3.38. The van der Waals surface area contributed by atoms with Gasteiger partial charge in [0.1, 0.15) is 11.5 Å². The third kappa shape index (κ3) is 11.4. The molecular weight excluding hydrogens is 296 g/mol. The lowest BCUT2D eigenvalue weighted by Crippen LogP contribution is -1.99. The fourth-order valence-electron chi connectivity index (χ4n) is 0.892. The van der Waals surface area contributed by atoms with Crippen molar-refractivity contribution in [2.75, 3.05) is 13.1 Å². The minimum atomic E-state index is -4.75. The van der Waals surface area contributed by atoms with Crippen molar-refractivity contribution in [3.63, 3.8) is 0 Å². The van der Waals surface area contributed by atoms with E-state index in [4.69, 9.17) is 51.3 Å². The van der Waals surface area contributed by atoms with Crippen molar-refractivity contribution in [1.82, 2.24) is 0 Å². The highest BCUT2D eigenvalue weighted by Crippen LogP contribution is 2.18. The zero-order chi connectivity index (χ0) is 47.5. The van der Waals surface area contributed by atoms with Crippen LogP contribution < -0.4 is 9.47 Å². The SMILES string of the molecule is [2H]c1c([2H])c(OC([2H])([2H])C([2H])([2H])C([2H])([2H])C([2H])([2H])C([2H])([2H])C([2H])([2H])C([2H])([2H])C([2H])([2H])[2H])c([2H])c([2H])c1OC([2H])([2H])C([2H])([2H])C([2H])([2H])C([2H])([2H])C([2H])([2H])C([2H])([2H])C([2H])C. The molecule has 1 unspecified atom stereocenters. The van der Waals surface area contributed by atoms with Crippen LogP contribution in [0.3, 0.4) is 0 Å². The van der Waals surface area contributed by atoms with Crippen LogP contribution in [0.25, 0.3) is 0 Å². The van der Waals surface area contributed by atoms with Crippen molar-refractivity contribution in [1.29, 1.82) is 0 Å². The van der Waals surface area contributed by atoms with Crippen LogP contribution in [-0.2, 0) is 0 Å². The maximum atomic E-state index is 8.21. The first-order valence-electron chi connectivity index (χ1n) is 23.3. The van der Waals surface area contributed by atoms with E-state index in [1.54, 1.807) is 0 Å². The van der Waals surface area contributed by atoms with Crippen molar-refractivity contribution in [2.45, 2.75) is 90.3 Å². The van der Waals surface area contributed by atoms with Gasteiger partial charge in [-0.25, -0.2) is 0 Å². The van der Waals surface area contributed by atoms with E-state index in [1.165, 1.54) is 0 Å². The van der Waals surface area contributed by atoms with Gasteiger partial charge in [-0.3, -0.25) is 0 Å². The molecule has 138 valence electrons. The quantitative estimate of drug-likeness (QED) is 0.308. The van der Waals surface area contributed by atoms with Crippen LogP contribution in [0, 0.1) is 0 Å². The summed E-state index contributed by atoms with van der Waals surface area (Å²) >= 11 is 0. The average molecular weight is 369 g/mol. The lowest BCUT2D eigenvalue weighted by Gasteiger charge is -2.09. The van der Waals surface area contributed by atoms with E-state index >= 15 is 0 Å². The molecule has 2 nitrogen and oxygen atoms in total. The van der Waals surface area contributed by atoms with Crippen molar-refractivity contribution >= 4 is 0 Å². The Balaban J connectivity index is 3.90. The number of rotatable bonds is 16. The Labute approximate surface area is 197 Å². The van der Waals surface area contributed by atoms with Crippen LogP contribution in [0.4, 0.5) is 0 Å². The topological polar surface area (TPSA) is 18.5 Å². The van der Waals surface area contributed by atoms with E-state index in [0.29, 0.717) is 0 Å². The van der Waals surface area contributed by atoms with Crippen molar-refractivity contribution in [3.05, 3.63) is 24.2 Å². The third-order valence-corrected chi connectivity index (χ3v) is 1.70. The molecule has 1 rings (SSSR count). The fraction of sp³-hybridized carbons (Fsp3) is 0.727. The van der Waals surface area contributed by atoms with Crippen LogP contribution >= 0.6 is 0 Å². The third-order valence-electron chi connectivity index (χ3n) is 1.70. The summed E-state index contributed by atoms with van der Waals surface area (Å²) in [5.41, 5.74) is 0. The van der Waals surface area contributed by atoms with Gasteiger partial charge in [0, 0.05) is 35.6 Å². The molecule has 24 heavy (non-hydrogen) atoms. The first kappa shape index (κ1) is 3.37. The van der Waals surface area contributed by atoms with E-state index in [-0.39, 0.29) is 0 Å². The average Bonchev–Trinajstić information content (AvgIpc) is 3.02. The molecule has 1 aromatic rings. The maximum Gasteiger partial charge on any atom is 0.119 e. The Morgan fingerprint density at radius 3 is 1.71 bits per heavy atom. The first-order valence-corrected chi connectivity index (χ1v) is 6.18. The Morgan fingerprint density at radius 1 is 0.750 bits per heavy atom. The zero-order valence-electron chi connectivity index (χ0n) is 46.4. The van der Waals surface area contributed by atoms with Gasteiger partial charge in [-0.2, -0.15) is 0 Å². The van der Waals surface area contributed by atoms with Gasteiger partial charge in [-0.1, -0.05) is 77.5 Å². The smallest absolute Gasteiger partial charge is 0.119 e. The van der Waals surface area contributed by atoms with Crippen molar-refractivity contribution in [3.8, 4) is 11.5 Å². The zero-order valence-corrected chi connectivity index (χ0v) is 12.4. The van der Waals surface area contributed by atoms with Gasteiger partial charge in [0.25, 0.3) is 0 Å². The molecule has 0 aliphatic carbocycles. The molecule has 0 spiro atoms. The molecule has 0 saturated heterocycles. The molecule has 2 heteroatoms. The molecule has 0 bridgehead atoms. The molecule has 0 heterocycles. The predicted molar refractivity (Wildman–Crippen MR) is 104 cm³/mol. The van der Waals surface area contributed by atoms with Crippen LogP contribution in [0.1, 0.15) is 137 Å². The number of benzene rings is 1. The molecule has 0 radical (unpaired) electrons. The van der Waals surface area contributed by atoms with Gasteiger partial charge in [0.15, 0.2) is 0 Å². The summed E-state index contributed by atoms with van der Waals surface area (Å²) in [6.45, 7) is -12.1. The molecule has 0 N–H and O–H groups in total. The lowest BCUT2D eigenvalue weighted by atomic mass is 10.1. The van der Waals surface area contributed by atoms with Crippen LogP contribution in [0.5, 0.6) is 11.5 Å². The standard InChI is InChI=1S/C22H38O2/c1-3-5-7-9-11-13-19-23-21-15-17-22(18-16-21)24-20-14-12-10-8-6-4-2/h15-18H,3-14,19-20H2,1-2H3/i1D3,3D2,4D,5D2,6D2,7D2,8D2,9D2,10D2,11D2,12D2,13D2,14D2,15D,16D,17D,18D,19D2,20D2. The summed E-state index contributed by atoms with van der Waals surface area (Å²) in [7, 11) is 0. The van der Waals surface area contributed by atoms with Gasteiger partial charge in [0.05, 0.1) is 24.1 Å². The lowest BCUT2D eigenvalue weighted by molar-refractivity contribution is 0.296. The fourth-order valence-corrected chi connectivity index (χ4v) is 0.892. The van der Waals surface area contributed by atoms with Crippen molar-refractivity contribution < 1.29 is 56.1 Å². The minimum absolute atomic E-state index is 0.763. The summed E-state index contributed by atoms with van der Waals surface area (Å²) < 4.78 is 281. The normalized spacial score (nSPS) is 41.2. The first-order chi connectivity index (χ1) is 24.8. The highest BCUT2D eigenvalue weighted by Gasteiger charge is 1.98. The Morgan fingerprint density at radius 2 is 1.21 bits per heavy atom. The van der Waals surface area contributed by atoms with Crippen LogP contribution in [0.2, 0.25) is 0 Å². The molecule has 0 fully saturated rings. The van der Waals surface area contributed by atoms with Crippen LogP contribution in [0.15, 0.2) is 24.2 Å². The second-order valence-corrected chi connectivity index (χ2v) is 3.25. The van der Waals surface area contributed by atoms with E-state index in [2.05, 4.69) is 4.74 Å². The molecule has 0 aliphatic rings. The number of ether oxygens (including phenoxy) is 2. The summed E-state index contributed by atoms with van der Waals surface area (Å²) in [6.07, 6.45) is -50.7. The Hall–Kier alpha value is -1.18.